The molecule has 154 valence electrons. The van der Waals surface area contributed by atoms with Crippen molar-refractivity contribution in [3.63, 3.8) is 0 Å². The number of fused-ring (bicyclic) bond motifs is 1. The van der Waals surface area contributed by atoms with Crippen LogP contribution in [0.1, 0.15) is 58.4 Å². The van der Waals surface area contributed by atoms with E-state index < -0.39 is 0 Å². The predicted octanol–water partition coefficient (Wildman–Crippen LogP) is 3.76. The summed E-state index contributed by atoms with van der Waals surface area (Å²) in [6, 6.07) is 7.22. The van der Waals surface area contributed by atoms with Gasteiger partial charge in [0, 0.05) is 20.0 Å². The Kier molecular flexibility index (Phi) is 6.94. The van der Waals surface area contributed by atoms with Crippen LogP contribution < -0.4 is 10.1 Å². The number of ether oxygens (including phenoxy) is 2. The molecule has 1 fully saturated rings. The fraction of sp³-hybridized carbons (Fsp3) is 0.636. The van der Waals surface area contributed by atoms with Gasteiger partial charge in [-0.3, -0.25) is 9.36 Å². The van der Waals surface area contributed by atoms with Crippen LogP contribution in [0.4, 0.5) is 0 Å². The molecule has 1 aliphatic rings. The zero-order chi connectivity index (χ0) is 20.1. The standard InChI is InChI=1S/C22H33N3O3/c1-5-6-17-7-12-20-21(13-17)25(4)22(24-20)28-19-10-8-18(9-11-19)27-14-15(2)23-16(3)26/h7,12-13,15,18-19H,5-6,8-11,14H2,1-4H3,(H,23,26)/t15-,18?,19?/m0/s1. The molecule has 0 unspecified atom stereocenters. The topological polar surface area (TPSA) is 65.4 Å². The second kappa shape index (κ2) is 9.41. The first kappa shape index (κ1) is 20.6. The molecule has 1 amide bonds. The second-order valence-electron chi connectivity index (χ2n) is 7.98. The minimum absolute atomic E-state index is 0.0162. The summed E-state index contributed by atoms with van der Waals surface area (Å²) >= 11 is 0. The average Bonchev–Trinajstić information content (AvgIpc) is 2.96. The van der Waals surface area contributed by atoms with Crippen LogP contribution in [0.15, 0.2) is 18.2 Å². The Morgan fingerprint density at radius 1 is 1.29 bits per heavy atom. The Labute approximate surface area is 167 Å². The molecule has 6 heteroatoms. The van der Waals surface area contributed by atoms with Crippen LogP contribution in [0.2, 0.25) is 0 Å². The van der Waals surface area contributed by atoms with Gasteiger partial charge in [-0.1, -0.05) is 19.4 Å². The lowest BCUT2D eigenvalue weighted by Gasteiger charge is -2.29. The quantitative estimate of drug-likeness (QED) is 0.749. The van der Waals surface area contributed by atoms with Gasteiger partial charge in [-0.25, -0.2) is 0 Å². The molecule has 0 bridgehead atoms. The van der Waals surface area contributed by atoms with Crippen molar-refractivity contribution in [2.75, 3.05) is 6.61 Å². The van der Waals surface area contributed by atoms with Gasteiger partial charge in [-0.2, -0.15) is 4.98 Å². The second-order valence-corrected chi connectivity index (χ2v) is 7.98. The minimum atomic E-state index is -0.0162. The Morgan fingerprint density at radius 2 is 2.00 bits per heavy atom. The number of nitrogens with zero attached hydrogens (tertiary/aromatic N) is 2. The van der Waals surface area contributed by atoms with Crippen LogP contribution in [-0.4, -0.2) is 40.3 Å². The van der Waals surface area contributed by atoms with Gasteiger partial charge in [0.15, 0.2) is 0 Å². The monoisotopic (exact) mass is 387 g/mol. The van der Waals surface area contributed by atoms with Crippen molar-refractivity contribution < 1.29 is 14.3 Å². The average molecular weight is 388 g/mol. The molecule has 0 aliphatic heterocycles. The lowest BCUT2D eigenvalue weighted by atomic mass is 9.95. The number of rotatable bonds is 8. The number of hydrogen-bond donors (Lipinski definition) is 1. The van der Waals surface area contributed by atoms with Crippen LogP contribution in [-0.2, 0) is 23.0 Å². The number of benzene rings is 1. The molecular formula is C22H33N3O3. The highest BCUT2D eigenvalue weighted by molar-refractivity contribution is 5.77. The maximum Gasteiger partial charge on any atom is 0.297 e. The zero-order valence-corrected chi connectivity index (χ0v) is 17.5. The lowest BCUT2D eigenvalue weighted by Crippen LogP contribution is -2.37. The van der Waals surface area contributed by atoms with Crippen LogP contribution >= 0.6 is 0 Å². The molecule has 1 aromatic carbocycles. The van der Waals surface area contributed by atoms with E-state index in [4.69, 9.17) is 9.47 Å². The SMILES string of the molecule is CCCc1ccc2nc(OC3CCC(OC[C@H](C)NC(C)=O)CC3)n(C)c2c1. The van der Waals surface area contributed by atoms with E-state index in [0.29, 0.717) is 12.6 Å². The summed E-state index contributed by atoms with van der Waals surface area (Å²) in [4.78, 5) is 15.8. The fourth-order valence-corrected chi connectivity index (χ4v) is 3.90. The number of aryl methyl sites for hydroxylation is 2. The van der Waals surface area contributed by atoms with Crippen molar-refractivity contribution in [2.24, 2.45) is 7.05 Å². The summed E-state index contributed by atoms with van der Waals surface area (Å²) < 4.78 is 14.3. The maximum atomic E-state index is 11.1. The van der Waals surface area contributed by atoms with E-state index in [1.165, 1.54) is 12.5 Å². The lowest BCUT2D eigenvalue weighted by molar-refractivity contribution is -0.120. The highest BCUT2D eigenvalue weighted by Crippen LogP contribution is 2.27. The van der Waals surface area contributed by atoms with Gasteiger partial charge in [0.2, 0.25) is 5.91 Å². The molecule has 1 atom stereocenters. The molecule has 0 spiro atoms. The molecule has 6 nitrogen and oxygen atoms in total. The number of carbonyl (C=O) groups is 1. The summed E-state index contributed by atoms with van der Waals surface area (Å²) in [6.07, 6.45) is 6.52. The molecule has 1 aromatic heterocycles. The molecule has 0 radical (unpaired) electrons. The molecular weight excluding hydrogens is 354 g/mol. The van der Waals surface area contributed by atoms with E-state index in [9.17, 15) is 4.79 Å². The summed E-state index contributed by atoms with van der Waals surface area (Å²) in [7, 11) is 2.03. The number of imidazole rings is 1. The van der Waals surface area contributed by atoms with Crippen LogP contribution in [0.3, 0.4) is 0 Å². The van der Waals surface area contributed by atoms with Gasteiger partial charge >= 0.3 is 0 Å². The third kappa shape index (κ3) is 5.25. The molecule has 1 heterocycles. The van der Waals surface area contributed by atoms with Gasteiger partial charge in [-0.15, -0.1) is 0 Å². The first-order valence-electron chi connectivity index (χ1n) is 10.5. The van der Waals surface area contributed by atoms with Crippen molar-refractivity contribution in [1.82, 2.24) is 14.9 Å². The van der Waals surface area contributed by atoms with Crippen LogP contribution in [0.25, 0.3) is 11.0 Å². The number of aromatic nitrogens is 2. The van der Waals surface area contributed by atoms with E-state index in [1.807, 2.05) is 14.0 Å². The van der Waals surface area contributed by atoms with Crippen LogP contribution in [0, 0.1) is 0 Å². The fourth-order valence-electron chi connectivity index (χ4n) is 3.90. The summed E-state index contributed by atoms with van der Waals surface area (Å²) in [5, 5.41) is 2.85. The highest BCUT2D eigenvalue weighted by atomic mass is 16.5. The van der Waals surface area contributed by atoms with Crippen molar-refractivity contribution in [2.45, 2.75) is 77.5 Å². The number of hydrogen-bond acceptors (Lipinski definition) is 4. The van der Waals surface area contributed by atoms with E-state index in [0.717, 1.165) is 49.6 Å². The number of carbonyl (C=O) groups excluding carboxylic acids is 1. The molecule has 28 heavy (non-hydrogen) atoms. The molecule has 1 aliphatic carbocycles. The van der Waals surface area contributed by atoms with Crippen molar-refractivity contribution in [3.8, 4) is 6.01 Å². The van der Waals surface area contributed by atoms with Gasteiger partial charge in [0.25, 0.3) is 6.01 Å². The minimum Gasteiger partial charge on any atom is -0.461 e. The zero-order valence-electron chi connectivity index (χ0n) is 17.5. The van der Waals surface area contributed by atoms with E-state index in [1.54, 1.807) is 0 Å². The molecule has 1 N–H and O–H groups in total. The van der Waals surface area contributed by atoms with Crippen molar-refractivity contribution in [1.29, 1.82) is 0 Å². The van der Waals surface area contributed by atoms with E-state index in [-0.39, 0.29) is 24.2 Å². The van der Waals surface area contributed by atoms with E-state index >= 15 is 0 Å². The number of nitrogens with one attached hydrogen (secondary N) is 1. The number of amides is 1. The van der Waals surface area contributed by atoms with Gasteiger partial charge in [-0.05, 0) is 56.7 Å². The van der Waals surface area contributed by atoms with Crippen molar-refractivity contribution in [3.05, 3.63) is 23.8 Å². The third-order valence-electron chi connectivity index (χ3n) is 5.37. The predicted molar refractivity (Wildman–Crippen MR) is 111 cm³/mol. The van der Waals surface area contributed by atoms with Crippen molar-refractivity contribution >= 4 is 16.9 Å². The first-order valence-corrected chi connectivity index (χ1v) is 10.5. The Bertz CT molecular complexity index is 794. The Morgan fingerprint density at radius 3 is 2.68 bits per heavy atom. The third-order valence-corrected chi connectivity index (χ3v) is 5.37. The van der Waals surface area contributed by atoms with Gasteiger partial charge < -0.3 is 14.8 Å². The molecule has 2 aromatic rings. The smallest absolute Gasteiger partial charge is 0.297 e. The largest absolute Gasteiger partial charge is 0.461 e. The molecule has 0 saturated heterocycles. The Hall–Kier alpha value is -2.08. The molecule has 3 rings (SSSR count). The maximum absolute atomic E-state index is 11.1. The summed E-state index contributed by atoms with van der Waals surface area (Å²) in [6.45, 7) is 6.25. The first-order chi connectivity index (χ1) is 13.5. The van der Waals surface area contributed by atoms with Crippen LogP contribution in [0.5, 0.6) is 6.01 Å². The Balaban J connectivity index is 1.52. The molecule has 1 saturated carbocycles. The highest BCUT2D eigenvalue weighted by Gasteiger charge is 2.25. The summed E-state index contributed by atoms with van der Waals surface area (Å²) in [5.41, 5.74) is 3.46. The normalized spacial score (nSPS) is 20.9. The van der Waals surface area contributed by atoms with Gasteiger partial charge in [0.1, 0.15) is 6.10 Å². The summed E-state index contributed by atoms with van der Waals surface area (Å²) in [5.74, 6) is -0.0162. The van der Waals surface area contributed by atoms with E-state index in [2.05, 4.69) is 40.0 Å². The van der Waals surface area contributed by atoms with Gasteiger partial charge in [0.05, 0.1) is 23.7 Å².